The van der Waals surface area contributed by atoms with Gasteiger partial charge in [0.2, 0.25) is 0 Å². The second-order valence-electron chi connectivity index (χ2n) is 14.2. The number of aromatic nitrogens is 6. The van der Waals surface area contributed by atoms with E-state index in [4.69, 9.17) is 9.97 Å². The Hall–Kier alpha value is -7.51. The lowest BCUT2D eigenvalue weighted by atomic mass is 9.98. The van der Waals surface area contributed by atoms with E-state index in [1.54, 1.807) is 0 Å². The monoisotopic (exact) mass is 724 g/mol. The number of para-hydroxylation sites is 2. The third kappa shape index (κ3) is 5.65. The number of benzene rings is 6. The Labute approximate surface area is 323 Å². The maximum Gasteiger partial charge on any atom is 0.193 e. The van der Waals surface area contributed by atoms with E-state index >= 15 is 0 Å². The molecule has 10 rings (SSSR count). The van der Waals surface area contributed by atoms with Crippen LogP contribution >= 0.6 is 0 Å². The number of aryl methyl sites for hydroxylation is 2. The van der Waals surface area contributed by atoms with Crippen molar-refractivity contribution >= 4 is 27.6 Å². The van der Waals surface area contributed by atoms with Crippen molar-refractivity contribution in [2.24, 2.45) is 14.1 Å². The largest absolute Gasteiger partial charge is 0.350 e. The molecule has 0 aliphatic heterocycles. The summed E-state index contributed by atoms with van der Waals surface area (Å²) in [6.07, 6.45) is 4.24. The first-order valence-electron chi connectivity index (χ1n) is 18.7. The molecule has 0 radical (unpaired) electrons. The van der Waals surface area contributed by atoms with Gasteiger partial charge in [0.1, 0.15) is 11.6 Å². The Morgan fingerprint density at radius 2 is 0.821 bits per heavy atom. The highest BCUT2D eigenvalue weighted by atomic mass is 16.1. The van der Waals surface area contributed by atoms with E-state index in [0.717, 1.165) is 89.6 Å². The number of carbonyl (C=O) groups is 1. The lowest BCUT2D eigenvalue weighted by molar-refractivity contribution is 0.103. The van der Waals surface area contributed by atoms with Crippen LogP contribution in [0.25, 0.3) is 89.6 Å². The summed E-state index contributed by atoms with van der Waals surface area (Å²) in [7, 11) is 4.11. The third-order valence-corrected chi connectivity index (χ3v) is 10.7. The molecule has 0 saturated carbocycles. The summed E-state index contributed by atoms with van der Waals surface area (Å²) >= 11 is 0. The first-order chi connectivity index (χ1) is 27.5. The quantitative estimate of drug-likeness (QED) is 0.153. The van der Waals surface area contributed by atoms with Crippen molar-refractivity contribution < 1.29 is 4.79 Å². The van der Waals surface area contributed by atoms with Gasteiger partial charge in [-0.1, -0.05) is 146 Å². The molecule has 0 saturated heterocycles. The molecule has 7 heteroatoms. The van der Waals surface area contributed by atoms with Crippen LogP contribution in [0.1, 0.15) is 15.9 Å². The minimum atomic E-state index is -0.0470. The summed E-state index contributed by atoms with van der Waals surface area (Å²) in [4.78, 5) is 31.5. The minimum Gasteiger partial charge on any atom is -0.350 e. The molecule has 0 fully saturated rings. The fourth-order valence-electron chi connectivity index (χ4n) is 7.83. The number of aromatic amines is 2. The molecule has 0 unspecified atom stereocenters. The van der Waals surface area contributed by atoms with Gasteiger partial charge in [0.25, 0.3) is 0 Å². The topological polar surface area (TPSA) is 84.3 Å². The fraction of sp³-hybridized carbons (Fsp3) is 0.0408. The Morgan fingerprint density at radius 3 is 1.30 bits per heavy atom. The highest BCUT2D eigenvalue weighted by Crippen LogP contribution is 2.38. The smallest absolute Gasteiger partial charge is 0.193 e. The van der Waals surface area contributed by atoms with Crippen LogP contribution in [0.15, 0.2) is 170 Å². The lowest BCUT2D eigenvalue weighted by Gasteiger charge is -2.07. The van der Waals surface area contributed by atoms with Crippen LogP contribution < -0.4 is 0 Å². The molecule has 2 N–H and O–H groups in total. The number of hydrogen-bond acceptors (Lipinski definition) is 3. The Morgan fingerprint density at radius 1 is 0.446 bits per heavy atom. The molecule has 6 aromatic carbocycles. The number of H-pyrrole nitrogens is 2. The van der Waals surface area contributed by atoms with Crippen LogP contribution in [0.2, 0.25) is 0 Å². The van der Waals surface area contributed by atoms with Crippen LogP contribution in [0.4, 0.5) is 0 Å². The Bertz CT molecular complexity index is 2830. The van der Waals surface area contributed by atoms with Gasteiger partial charge in [0, 0.05) is 92.8 Å². The van der Waals surface area contributed by atoms with Gasteiger partial charge < -0.3 is 19.1 Å². The highest BCUT2D eigenvalue weighted by molar-refractivity contribution is 6.09. The van der Waals surface area contributed by atoms with Gasteiger partial charge in [-0.15, -0.1) is 0 Å². The molecule has 0 aliphatic rings. The van der Waals surface area contributed by atoms with Gasteiger partial charge in [0.15, 0.2) is 5.78 Å². The number of ketones is 1. The molecule has 0 bridgehead atoms. The molecule has 4 heterocycles. The van der Waals surface area contributed by atoms with Crippen molar-refractivity contribution in [3.05, 3.63) is 181 Å². The van der Waals surface area contributed by atoms with Crippen molar-refractivity contribution in [2.45, 2.75) is 0 Å². The van der Waals surface area contributed by atoms with Crippen molar-refractivity contribution in [3.8, 4) is 67.8 Å². The number of rotatable bonds is 8. The second-order valence-corrected chi connectivity index (χ2v) is 14.2. The average Bonchev–Trinajstić information content (AvgIpc) is 4.05. The second kappa shape index (κ2) is 13.4. The Balaban J connectivity index is 0.971. The standard InChI is InChI=1S/C49H36N6O/c1-54-29-39(37-17-9-11-19-41(37)54)48-50-43(31-13-5-3-6-14-31)45(52-48)33-21-25-35(26-22-33)47(56)36-27-23-34(24-28-36)46-44(32-15-7-4-8-16-32)51-49(53-46)40-30-55(2)42-20-12-10-18-38(40)42/h3-30H,1-2H3,(H,50,52)(H,51,53). The molecule has 0 atom stereocenters. The summed E-state index contributed by atoms with van der Waals surface area (Å²) in [5.74, 6) is 1.55. The summed E-state index contributed by atoms with van der Waals surface area (Å²) in [5, 5.41) is 2.27. The van der Waals surface area contributed by atoms with Crippen molar-refractivity contribution in [2.75, 3.05) is 0 Å². The van der Waals surface area contributed by atoms with Crippen LogP contribution in [0.5, 0.6) is 0 Å². The van der Waals surface area contributed by atoms with E-state index in [0.29, 0.717) is 11.1 Å². The first kappa shape index (κ1) is 33.1. The number of fused-ring (bicyclic) bond motifs is 2. The van der Waals surface area contributed by atoms with E-state index < -0.39 is 0 Å². The first-order valence-corrected chi connectivity index (χ1v) is 18.7. The van der Waals surface area contributed by atoms with Crippen LogP contribution in [0.3, 0.4) is 0 Å². The summed E-state index contributed by atoms with van der Waals surface area (Å²) < 4.78 is 4.26. The molecule has 268 valence electrons. The number of nitrogens with one attached hydrogen (secondary N) is 2. The summed E-state index contributed by atoms with van der Waals surface area (Å²) in [6.45, 7) is 0. The predicted molar refractivity (Wildman–Crippen MR) is 226 cm³/mol. The molecule has 0 aliphatic carbocycles. The molecule has 0 amide bonds. The van der Waals surface area contributed by atoms with Gasteiger partial charge >= 0.3 is 0 Å². The summed E-state index contributed by atoms with van der Waals surface area (Å²) in [6, 6.07) is 52.7. The third-order valence-electron chi connectivity index (χ3n) is 10.7. The van der Waals surface area contributed by atoms with E-state index in [-0.39, 0.29) is 5.78 Å². The van der Waals surface area contributed by atoms with Crippen LogP contribution in [0, 0.1) is 0 Å². The minimum absolute atomic E-state index is 0.0470. The van der Waals surface area contributed by atoms with Crippen molar-refractivity contribution in [1.82, 2.24) is 29.1 Å². The molecule has 7 nitrogen and oxygen atoms in total. The van der Waals surface area contributed by atoms with E-state index in [1.807, 2.05) is 84.9 Å². The van der Waals surface area contributed by atoms with Gasteiger partial charge in [-0.2, -0.15) is 0 Å². The van der Waals surface area contributed by atoms with Crippen LogP contribution in [-0.4, -0.2) is 34.9 Å². The maximum atomic E-state index is 13.9. The molecule has 4 aromatic heterocycles. The van der Waals surface area contributed by atoms with Gasteiger partial charge in [0.05, 0.1) is 22.8 Å². The SMILES string of the molecule is Cn1cc(-c2nc(-c3ccc(C(=O)c4ccc(-c5[nH]c(-c6cn(C)c7ccccc67)nc5-c5ccccc5)cc4)cc3)c(-c3ccccc3)[nH]2)c2ccccc21. The number of imidazole rings is 2. The van der Waals surface area contributed by atoms with Crippen molar-refractivity contribution in [1.29, 1.82) is 0 Å². The average molecular weight is 725 g/mol. The number of hydrogen-bond donors (Lipinski definition) is 2. The van der Waals surface area contributed by atoms with Crippen LogP contribution in [-0.2, 0) is 14.1 Å². The molecule has 10 aromatic rings. The molecular formula is C49H36N6O. The number of carbonyl (C=O) groups excluding carboxylic acids is 1. The van der Waals surface area contributed by atoms with Gasteiger partial charge in [-0.3, -0.25) is 4.79 Å². The molecule has 56 heavy (non-hydrogen) atoms. The van der Waals surface area contributed by atoms with Gasteiger partial charge in [-0.25, -0.2) is 9.97 Å². The lowest BCUT2D eigenvalue weighted by Crippen LogP contribution is -2.01. The van der Waals surface area contributed by atoms with E-state index in [2.05, 4.69) is 118 Å². The van der Waals surface area contributed by atoms with E-state index in [1.165, 1.54) is 0 Å². The molecular weight excluding hydrogens is 689 g/mol. The zero-order valence-corrected chi connectivity index (χ0v) is 30.9. The fourth-order valence-corrected chi connectivity index (χ4v) is 7.83. The highest BCUT2D eigenvalue weighted by Gasteiger charge is 2.21. The van der Waals surface area contributed by atoms with E-state index in [9.17, 15) is 4.79 Å². The summed E-state index contributed by atoms with van der Waals surface area (Å²) in [5.41, 5.74) is 13.0. The zero-order valence-electron chi connectivity index (χ0n) is 30.9. The van der Waals surface area contributed by atoms with Gasteiger partial charge in [-0.05, 0) is 12.1 Å². The number of nitrogens with zero attached hydrogens (tertiary/aromatic N) is 4. The Kier molecular flexibility index (Phi) is 7.92. The maximum absolute atomic E-state index is 13.9. The normalized spacial score (nSPS) is 11.5. The predicted octanol–water partition coefficient (Wildman–Crippen LogP) is 11.3. The van der Waals surface area contributed by atoms with Crippen molar-refractivity contribution in [3.63, 3.8) is 0 Å². The zero-order chi connectivity index (χ0) is 37.8. The molecule has 0 spiro atoms.